The number of fused-ring (bicyclic) bond motifs is 5. The molecule has 4 atom stereocenters. The molecular formula is C24H23F3N2O3S. The van der Waals surface area contributed by atoms with E-state index in [9.17, 15) is 21.6 Å². The second kappa shape index (κ2) is 7.74. The highest BCUT2D eigenvalue weighted by Gasteiger charge is 2.70. The number of halogens is 3. The molecule has 5 nitrogen and oxygen atoms in total. The number of alkyl halides is 3. The van der Waals surface area contributed by atoms with Crippen molar-refractivity contribution in [3.63, 3.8) is 0 Å². The van der Waals surface area contributed by atoms with Crippen LogP contribution in [0, 0.1) is 29.1 Å². The molecule has 1 aliphatic heterocycles. The van der Waals surface area contributed by atoms with Crippen LogP contribution in [0.2, 0.25) is 0 Å². The first-order chi connectivity index (χ1) is 15.7. The zero-order chi connectivity index (χ0) is 23.4. The molecule has 2 aromatic rings. The van der Waals surface area contributed by atoms with Crippen LogP contribution >= 0.6 is 0 Å². The lowest BCUT2D eigenvalue weighted by Crippen LogP contribution is -2.51. The van der Waals surface area contributed by atoms with E-state index >= 15 is 0 Å². The van der Waals surface area contributed by atoms with Crippen LogP contribution in [0.15, 0.2) is 48.5 Å². The van der Waals surface area contributed by atoms with Gasteiger partial charge < -0.3 is 4.74 Å². The van der Waals surface area contributed by atoms with Crippen LogP contribution in [0.5, 0.6) is 0 Å². The predicted molar refractivity (Wildman–Crippen MR) is 116 cm³/mol. The summed E-state index contributed by atoms with van der Waals surface area (Å²) in [6.45, 7) is 0.438. The van der Waals surface area contributed by atoms with E-state index in [1.54, 1.807) is 6.07 Å². The minimum absolute atomic E-state index is 0.0228. The molecule has 0 unspecified atom stereocenters. The third-order valence-corrected chi connectivity index (χ3v) is 10.3. The van der Waals surface area contributed by atoms with E-state index in [-0.39, 0.29) is 43.2 Å². The normalized spacial score (nSPS) is 29.8. The van der Waals surface area contributed by atoms with Crippen molar-refractivity contribution in [1.82, 2.24) is 0 Å². The summed E-state index contributed by atoms with van der Waals surface area (Å²) in [7, 11) is -3.99. The van der Waals surface area contributed by atoms with Crippen LogP contribution in [0.4, 0.5) is 18.9 Å². The van der Waals surface area contributed by atoms with E-state index in [4.69, 9.17) is 10.00 Å². The molecule has 3 fully saturated rings. The fraction of sp³-hybridized carbons (Fsp3) is 0.458. The fourth-order valence-electron chi connectivity index (χ4n) is 6.18. The lowest BCUT2D eigenvalue weighted by molar-refractivity contribution is -0.137. The standard InChI is InChI=1S/C24H23F3N2O3S/c25-24(26,27)21-11-20(9-7-18(21)12-28)29-13-22-17-6-8-19(10-17)23(22,33(29,30)31)15-32-14-16-4-2-1-3-5-16/h1-5,7,9,11,17,19,22H,6,8,10,13-15H2/t17-,19+,22-,23+/m0/s1. The number of nitrogens with zero attached hydrogens (tertiary/aromatic N) is 2. The van der Waals surface area contributed by atoms with Gasteiger partial charge in [0.1, 0.15) is 4.75 Å². The summed E-state index contributed by atoms with van der Waals surface area (Å²) in [4.78, 5) is 0. The van der Waals surface area contributed by atoms with Gasteiger partial charge in [-0.25, -0.2) is 8.42 Å². The van der Waals surface area contributed by atoms with Gasteiger partial charge in [-0.15, -0.1) is 0 Å². The van der Waals surface area contributed by atoms with Crippen LogP contribution in [-0.2, 0) is 27.5 Å². The molecule has 1 saturated heterocycles. The maximum Gasteiger partial charge on any atom is 0.417 e. The predicted octanol–water partition coefficient (Wildman–Crippen LogP) is 4.73. The van der Waals surface area contributed by atoms with E-state index in [2.05, 4.69) is 0 Å². The van der Waals surface area contributed by atoms with Gasteiger partial charge in [0.05, 0.1) is 36.1 Å². The number of rotatable bonds is 5. The van der Waals surface area contributed by atoms with Crippen molar-refractivity contribution in [2.45, 2.75) is 36.8 Å². The number of benzene rings is 2. The maximum absolute atomic E-state index is 13.9. The Kier molecular flexibility index (Phi) is 5.22. The molecule has 174 valence electrons. The summed E-state index contributed by atoms with van der Waals surface area (Å²) in [5.74, 6) is -0.0451. The Labute approximate surface area is 190 Å². The lowest BCUT2D eigenvalue weighted by atomic mass is 9.79. The maximum atomic E-state index is 13.9. The Morgan fingerprint density at radius 1 is 1.15 bits per heavy atom. The van der Waals surface area contributed by atoms with Crippen molar-refractivity contribution in [3.8, 4) is 6.07 Å². The fourth-order valence-corrected chi connectivity index (χ4v) is 8.86. The molecule has 0 spiro atoms. The SMILES string of the molecule is N#Cc1ccc(N2C[C@H]3[C@H]4CC[C@H](C4)[C@@]3(COCc3ccccc3)S2(=O)=O)cc1C(F)(F)F. The first-order valence-electron chi connectivity index (χ1n) is 10.9. The van der Waals surface area contributed by atoms with E-state index < -0.39 is 32.1 Å². The Hall–Kier alpha value is -2.57. The molecule has 2 aliphatic carbocycles. The number of ether oxygens (including phenoxy) is 1. The molecule has 0 N–H and O–H groups in total. The first-order valence-corrected chi connectivity index (χ1v) is 12.4. The molecule has 2 saturated carbocycles. The van der Waals surface area contributed by atoms with Gasteiger partial charge in [-0.3, -0.25) is 4.31 Å². The molecule has 0 aromatic heterocycles. The second-order valence-electron chi connectivity index (χ2n) is 9.19. The Morgan fingerprint density at radius 2 is 1.91 bits per heavy atom. The molecule has 3 aliphatic rings. The second-order valence-corrected chi connectivity index (χ2v) is 11.3. The van der Waals surface area contributed by atoms with Crippen molar-refractivity contribution in [3.05, 3.63) is 65.2 Å². The van der Waals surface area contributed by atoms with Gasteiger partial charge in [-0.2, -0.15) is 18.4 Å². The highest BCUT2D eigenvalue weighted by molar-refractivity contribution is 7.94. The van der Waals surface area contributed by atoms with E-state index in [0.717, 1.165) is 41.3 Å². The lowest BCUT2D eigenvalue weighted by Gasteiger charge is -2.36. The number of anilines is 1. The largest absolute Gasteiger partial charge is 0.417 e. The van der Waals surface area contributed by atoms with Gasteiger partial charge >= 0.3 is 6.18 Å². The topological polar surface area (TPSA) is 70.4 Å². The number of hydrogen-bond donors (Lipinski definition) is 0. The van der Waals surface area contributed by atoms with Gasteiger partial charge in [-0.05, 0) is 54.9 Å². The van der Waals surface area contributed by atoms with Crippen molar-refractivity contribution < 1.29 is 26.3 Å². The third kappa shape index (κ3) is 3.34. The number of nitriles is 1. The first kappa shape index (κ1) is 22.2. The summed E-state index contributed by atoms with van der Waals surface area (Å²) in [6, 6.07) is 14.1. The van der Waals surface area contributed by atoms with Crippen LogP contribution in [0.3, 0.4) is 0 Å². The van der Waals surface area contributed by atoms with Crippen LogP contribution in [0.25, 0.3) is 0 Å². The van der Waals surface area contributed by atoms with Gasteiger partial charge in [-0.1, -0.05) is 30.3 Å². The summed E-state index contributed by atoms with van der Waals surface area (Å²) in [6.07, 6.45) is -2.23. The monoisotopic (exact) mass is 476 g/mol. The highest BCUT2D eigenvalue weighted by Crippen LogP contribution is 2.62. The van der Waals surface area contributed by atoms with E-state index in [0.29, 0.717) is 0 Å². The van der Waals surface area contributed by atoms with Crippen molar-refractivity contribution in [2.75, 3.05) is 17.5 Å². The molecule has 0 amide bonds. The third-order valence-electron chi connectivity index (χ3n) is 7.65. The molecule has 9 heteroatoms. The van der Waals surface area contributed by atoms with Crippen molar-refractivity contribution in [2.24, 2.45) is 17.8 Å². The number of sulfonamides is 1. The van der Waals surface area contributed by atoms with Crippen LogP contribution < -0.4 is 4.31 Å². The smallest absolute Gasteiger partial charge is 0.375 e. The molecule has 5 rings (SSSR count). The molecule has 2 bridgehead atoms. The minimum Gasteiger partial charge on any atom is -0.375 e. The van der Waals surface area contributed by atoms with Gasteiger partial charge in [0, 0.05) is 12.5 Å². The molecular weight excluding hydrogens is 453 g/mol. The average molecular weight is 477 g/mol. The zero-order valence-corrected chi connectivity index (χ0v) is 18.6. The summed E-state index contributed by atoms with van der Waals surface area (Å²) < 4.78 is 74.4. The van der Waals surface area contributed by atoms with Crippen molar-refractivity contribution >= 4 is 15.7 Å². The summed E-state index contributed by atoms with van der Waals surface area (Å²) in [5.41, 5.74) is -0.753. The molecule has 1 heterocycles. The quantitative estimate of drug-likeness (QED) is 0.626. The van der Waals surface area contributed by atoms with E-state index in [1.165, 1.54) is 6.07 Å². The van der Waals surface area contributed by atoms with Crippen LogP contribution in [0.1, 0.15) is 36.0 Å². The van der Waals surface area contributed by atoms with Crippen LogP contribution in [-0.4, -0.2) is 26.3 Å². The van der Waals surface area contributed by atoms with Gasteiger partial charge in [0.25, 0.3) is 0 Å². The number of hydrogen-bond acceptors (Lipinski definition) is 4. The average Bonchev–Trinajstić information content (AvgIpc) is 3.44. The van der Waals surface area contributed by atoms with E-state index in [1.807, 2.05) is 30.3 Å². The van der Waals surface area contributed by atoms with Gasteiger partial charge in [0.15, 0.2) is 0 Å². The molecule has 33 heavy (non-hydrogen) atoms. The highest BCUT2D eigenvalue weighted by atomic mass is 32.2. The van der Waals surface area contributed by atoms with Gasteiger partial charge in [0.2, 0.25) is 10.0 Å². The minimum atomic E-state index is -4.75. The Balaban J connectivity index is 1.50. The van der Waals surface area contributed by atoms with Crippen molar-refractivity contribution in [1.29, 1.82) is 5.26 Å². The molecule has 2 aromatic carbocycles. The summed E-state index contributed by atoms with van der Waals surface area (Å²) >= 11 is 0. The molecule has 0 radical (unpaired) electrons. The Bertz CT molecular complexity index is 1210. The summed E-state index contributed by atoms with van der Waals surface area (Å²) in [5, 5.41) is 9.08. The Morgan fingerprint density at radius 3 is 2.61 bits per heavy atom. The zero-order valence-electron chi connectivity index (χ0n) is 17.8.